The first-order valence-electron chi connectivity index (χ1n) is 9.87. The lowest BCUT2D eigenvalue weighted by molar-refractivity contribution is 0.102. The van der Waals surface area contributed by atoms with E-state index in [0.717, 1.165) is 37.3 Å². The van der Waals surface area contributed by atoms with Gasteiger partial charge < -0.3 is 27.4 Å². The van der Waals surface area contributed by atoms with Crippen molar-refractivity contribution in [3.05, 3.63) is 36.2 Å². The number of aromatic nitrogens is 3. The number of piperidine rings is 1. The zero-order valence-corrected chi connectivity index (χ0v) is 17.7. The fourth-order valence-corrected chi connectivity index (χ4v) is 4.57. The van der Waals surface area contributed by atoms with E-state index in [2.05, 4.69) is 20.3 Å². The zero-order chi connectivity index (χ0) is 21.3. The molecule has 9 nitrogen and oxygen atoms in total. The highest BCUT2D eigenvalue weighted by molar-refractivity contribution is 7.19. The van der Waals surface area contributed by atoms with Crippen LogP contribution in [0.1, 0.15) is 23.3 Å². The van der Waals surface area contributed by atoms with Gasteiger partial charge in [-0.1, -0.05) is 23.5 Å². The van der Waals surface area contributed by atoms with E-state index in [9.17, 15) is 4.79 Å². The first kappa shape index (κ1) is 20.2. The molecular formula is C20H26N8OS. The third-order valence-electron chi connectivity index (χ3n) is 5.41. The topological polar surface area (TPSA) is 141 Å². The minimum absolute atomic E-state index is 0.203. The van der Waals surface area contributed by atoms with Crippen molar-refractivity contribution in [2.45, 2.75) is 12.8 Å². The molecule has 1 aliphatic rings. The Bertz CT molecular complexity index is 1050. The van der Waals surface area contributed by atoms with Gasteiger partial charge in [0.2, 0.25) is 0 Å². The zero-order valence-electron chi connectivity index (χ0n) is 16.8. The van der Waals surface area contributed by atoms with Crippen LogP contribution in [0, 0.1) is 5.92 Å². The van der Waals surface area contributed by atoms with Gasteiger partial charge in [-0.2, -0.15) is 5.10 Å². The summed E-state index contributed by atoms with van der Waals surface area (Å²) < 4.78 is 1.78. The largest absolute Gasteiger partial charge is 0.399 e. The number of hydrogen-bond donors (Lipinski definition) is 4. The molecule has 2 aromatic heterocycles. The van der Waals surface area contributed by atoms with E-state index in [0.29, 0.717) is 33.8 Å². The summed E-state index contributed by atoms with van der Waals surface area (Å²) in [7, 11) is 1.87. The van der Waals surface area contributed by atoms with Crippen LogP contribution in [0.4, 0.5) is 22.2 Å². The molecule has 0 unspecified atom stereocenters. The number of nitrogen functional groups attached to an aromatic ring is 2. The van der Waals surface area contributed by atoms with Gasteiger partial charge in [0.1, 0.15) is 15.7 Å². The molecule has 0 bridgehead atoms. The average Bonchev–Trinajstić information content (AvgIpc) is 3.31. The maximum Gasteiger partial charge on any atom is 0.277 e. The number of amides is 1. The summed E-state index contributed by atoms with van der Waals surface area (Å²) in [6.45, 7) is 2.46. The lowest BCUT2D eigenvalue weighted by Crippen LogP contribution is -2.37. The number of carbonyl (C=O) groups is 1. The van der Waals surface area contributed by atoms with Crippen LogP contribution in [-0.4, -0.2) is 40.3 Å². The van der Waals surface area contributed by atoms with Gasteiger partial charge in [0, 0.05) is 31.4 Å². The molecule has 1 aliphatic heterocycles. The lowest BCUT2D eigenvalue weighted by Gasteiger charge is -2.33. The Kier molecular flexibility index (Phi) is 5.60. The van der Waals surface area contributed by atoms with Gasteiger partial charge in [-0.05, 0) is 37.4 Å². The van der Waals surface area contributed by atoms with Crippen LogP contribution in [0.3, 0.4) is 0 Å². The monoisotopic (exact) mass is 426 g/mol. The molecule has 7 N–H and O–H groups in total. The first-order chi connectivity index (χ1) is 14.5. The Morgan fingerprint density at radius 1 is 1.30 bits per heavy atom. The van der Waals surface area contributed by atoms with Gasteiger partial charge in [-0.25, -0.2) is 4.98 Å². The Balaban J connectivity index is 1.54. The number of carbonyl (C=O) groups excluding carboxylic acids is 1. The van der Waals surface area contributed by atoms with E-state index in [1.54, 1.807) is 16.9 Å². The van der Waals surface area contributed by atoms with Crippen LogP contribution in [-0.2, 0) is 7.05 Å². The van der Waals surface area contributed by atoms with Crippen LogP contribution in [0.15, 0.2) is 30.5 Å². The van der Waals surface area contributed by atoms with E-state index in [1.165, 1.54) is 11.3 Å². The maximum atomic E-state index is 12.9. The van der Waals surface area contributed by atoms with Crippen molar-refractivity contribution in [1.29, 1.82) is 0 Å². The van der Waals surface area contributed by atoms with Crippen LogP contribution >= 0.6 is 11.3 Å². The van der Waals surface area contributed by atoms with Crippen molar-refractivity contribution in [3.8, 4) is 10.6 Å². The van der Waals surface area contributed by atoms with Gasteiger partial charge in [0.15, 0.2) is 11.5 Å². The number of nitrogens with one attached hydrogen (secondary N) is 1. The Labute approximate surface area is 178 Å². The highest BCUT2D eigenvalue weighted by atomic mass is 32.1. The third-order valence-corrected chi connectivity index (χ3v) is 6.34. The van der Waals surface area contributed by atoms with Gasteiger partial charge in [-0.15, -0.1) is 0 Å². The Morgan fingerprint density at radius 2 is 2.07 bits per heavy atom. The fourth-order valence-electron chi connectivity index (χ4n) is 3.75. The minimum atomic E-state index is -0.356. The smallest absolute Gasteiger partial charge is 0.277 e. The molecule has 1 amide bonds. The second-order valence-electron chi connectivity index (χ2n) is 7.48. The van der Waals surface area contributed by atoms with Crippen molar-refractivity contribution in [3.63, 3.8) is 0 Å². The molecule has 0 saturated carbocycles. The predicted molar refractivity (Wildman–Crippen MR) is 122 cm³/mol. The number of thiazole rings is 1. The quantitative estimate of drug-likeness (QED) is 0.458. The SMILES string of the molecule is Cn1ncc(NC(=O)c2nc(-c3cccc(N)c3)sc2N)c1N1CCC(CN)CC1. The number of benzene rings is 1. The van der Waals surface area contributed by atoms with E-state index < -0.39 is 0 Å². The first-order valence-corrected chi connectivity index (χ1v) is 10.7. The van der Waals surface area contributed by atoms with E-state index in [4.69, 9.17) is 17.2 Å². The average molecular weight is 427 g/mol. The summed E-state index contributed by atoms with van der Waals surface area (Å²) >= 11 is 1.26. The molecule has 1 saturated heterocycles. The molecule has 0 spiro atoms. The van der Waals surface area contributed by atoms with Gasteiger partial charge >= 0.3 is 0 Å². The predicted octanol–water partition coefficient (Wildman–Crippen LogP) is 2.14. The molecular weight excluding hydrogens is 400 g/mol. The van der Waals surface area contributed by atoms with Crippen molar-refractivity contribution >= 4 is 39.4 Å². The summed E-state index contributed by atoms with van der Waals surface area (Å²) in [5, 5.41) is 8.29. The summed E-state index contributed by atoms with van der Waals surface area (Å²) in [5.41, 5.74) is 20.1. The number of hydrogen-bond acceptors (Lipinski definition) is 8. The van der Waals surface area contributed by atoms with Crippen molar-refractivity contribution in [2.75, 3.05) is 41.3 Å². The van der Waals surface area contributed by atoms with Crippen LogP contribution in [0.2, 0.25) is 0 Å². The molecule has 30 heavy (non-hydrogen) atoms. The molecule has 1 fully saturated rings. The number of aryl methyl sites for hydroxylation is 1. The standard InChI is InChI=1S/C20H26N8OS/c1-27-20(28-7-5-12(10-21)6-8-28)15(11-24-27)25-18(29)16-17(23)30-19(26-16)13-3-2-4-14(22)9-13/h2-4,9,11-12H,5-8,10,21-23H2,1H3,(H,25,29). The second-order valence-corrected chi connectivity index (χ2v) is 8.51. The molecule has 4 rings (SSSR count). The van der Waals surface area contributed by atoms with Crippen LogP contribution in [0.25, 0.3) is 10.6 Å². The molecule has 0 atom stereocenters. The van der Waals surface area contributed by atoms with Crippen LogP contribution < -0.4 is 27.4 Å². The highest BCUT2D eigenvalue weighted by Gasteiger charge is 2.25. The lowest BCUT2D eigenvalue weighted by atomic mass is 9.97. The third kappa shape index (κ3) is 3.96. The molecule has 3 aromatic rings. The molecule has 0 radical (unpaired) electrons. The van der Waals surface area contributed by atoms with Crippen LogP contribution in [0.5, 0.6) is 0 Å². The van der Waals surface area contributed by atoms with E-state index in [1.807, 2.05) is 25.2 Å². The minimum Gasteiger partial charge on any atom is -0.399 e. The maximum absolute atomic E-state index is 12.9. The summed E-state index contributed by atoms with van der Waals surface area (Å²) in [5.74, 6) is 1.07. The van der Waals surface area contributed by atoms with Gasteiger partial charge in [0.25, 0.3) is 5.91 Å². The number of rotatable bonds is 5. The Morgan fingerprint density at radius 3 is 2.77 bits per heavy atom. The van der Waals surface area contributed by atoms with Gasteiger partial charge in [0.05, 0.1) is 6.20 Å². The summed E-state index contributed by atoms with van der Waals surface area (Å²) in [6.07, 6.45) is 3.71. The van der Waals surface area contributed by atoms with Crippen molar-refractivity contribution in [1.82, 2.24) is 14.8 Å². The fraction of sp³-hybridized carbons (Fsp3) is 0.350. The van der Waals surface area contributed by atoms with E-state index >= 15 is 0 Å². The molecule has 3 heterocycles. The summed E-state index contributed by atoms with van der Waals surface area (Å²) in [4.78, 5) is 19.6. The molecule has 1 aromatic carbocycles. The Hall–Kier alpha value is -3.11. The normalized spacial score (nSPS) is 14.8. The van der Waals surface area contributed by atoms with E-state index in [-0.39, 0.29) is 11.6 Å². The van der Waals surface area contributed by atoms with Gasteiger partial charge in [-0.3, -0.25) is 9.48 Å². The van der Waals surface area contributed by atoms with Crippen molar-refractivity contribution in [2.24, 2.45) is 18.7 Å². The van der Waals surface area contributed by atoms with Crippen molar-refractivity contribution < 1.29 is 4.79 Å². The highest BCUT2D eigenvalue weighted by Crippen LogP contribution is 2.33. The number of anilines is 4. The molecule has 158 valence electrons. The molecule has 10 heteroatoms. The number of nitrogens with two attached hydrogens (primary N) is 3. The number of nitrogens with zero attached hydrogens (tertiary/aromatic N) is 4. The molecule has 0 aliphatic carbocycles. The second kappa shape index (κ2) is 8.33. The summed E-state index contributed by atoms with van der Waals surface area (Å²) in [6, 6.07) is 7.34.